The highest BCUT2D eigenvalue weighted by molar-refractivity contribution is 7.91. The molecule has 186 valence electrons. The van der Waals surface area contributed by atoms with Crippen LogP contribution in [0.1, 0.15) is 40.4 Å². The molecule has 0 bridgehead atoms. The lowest BCUT2D eigenvalue weighted by Crippen LogP contribution is -2.23. The highest BCUT2D eigenvalue weighted by Gasteiger charge is 2.31. The Morgan fingerprint density at radius 1 is 1.03 bits per heavy atom. The van der Waals surface area contributed by atoms with Gasteiger partial charge in [-0.1, -0.05) is 6.07 Å². The minimum absolute atomic E-state index is 0.0448. The second kappa shape index (κ2) is 11.0. The van der Waals surface area contributed by atoms with Crippen LogP contribution in [0, 0.1) is 0 Å². The van der Waals surface area contributed by atoms with Gasteiger partial charge < -0.3 is 21.1 Å². The molecule has 9 nitrogen and oxygen atoms in total. The fraction of sp³-hybridized carbons (Fsp3) is 0.192. The third-order valence-corrected chi connectivity index (χ3v) is 7.82. The topological polar surface area (TPSA) is 137 Å². The number of amides is 1. The van der Waals surface area contributed by atoms with Gasteiger partial charge in [0.25, 0.3) is 5.91 Å². The van der Waals surface area contributed by atoms with Gasteiger partial charge in [-0.25, -0.2) is 8.42 Å². The van der Waals surface area contributed by atoms with Crippen molar-refractivity contribution in [2.24, 2.45) is 0 Å². The molecule has 3 aromatic rings. The minimum atomic E-state index is -4.01. The van der Waals surface area contributed by atoms with Crippen LogP contribution in [0.3, 0.4) is 0 Å². The molecule has 36 heavy (non-hydrogen) atoms. The number of hydrogen-bond acceptors (Lipinski definition) is 7. The van der Waals surface area contributed by atoms with E-state index < -0.39 is 27.5 Å². The summed E-state index contributed by atoms with van der Waals surface area (Å²) in [5.74, 6) is -0.627. The predicted octanol–water partition coefficient (Wildman–Crippen LogP) is 3.96. The summed E-state index contributed by atoms with van der Waals surface area (Å²) in [5.41, 5.74) is 2.01. The second-order valence-electron chi connectivity index (χ2n) is 8.29. The average molecular weight is 507 g/mol. The normalized spacial score (nSPS) is 14.2. The summed E-state index contributed by atoms with van der Waals surface area (Å²) in [4.78, 5) is 27.9. The van der Waals surface area contributed by atoms with E-state index >= 15 is 0 Å². The third-order valence-electron chi connectivity index (χ3n) is 5.70. The van der Waals surface area contributed by atoms with E-state index in [2.05, 4.69) is 27.0 Å². The van der Waals surface area contributed by atoms with Crippen LogP contribution in [0.2, 0.25) is 0 Å². The van der Waals surface area contributed by atoms with Crippen molar-refractivity contribution >= 4 is 33.1 Å². The number of rotatable bonds is 9. The number of aliphatic carboxylic acids is 1. The van der Waals surface area contributed by atoms with Gasteiger partial charge in [0, 0.05) is 35.9 Å². The molecule has 2 heterocycles. The van der Waals surface area contributed by atoms with Crippen molar-refractivity contribution in [3.8, 4) is 0 Å². The molecule has 10 heteroatoms. The van der Waals surface area contributed by atoms with Crippen LogP contribution in [-0.4, -0.2) is 36.9 Å². The Morgan fingerprint density at radius 2 is 1.75 bits per heavy atom. The van der Waals surface area contributed by atoms with E-state index in [0.717, 1.165) is 30.9 Å². The van der Waals surface area contributed by atoms with Crippen molar-refractivity contribution < 1.29 is 23.1 Å². The van der Waals surface area contributed by atoms with Gasteiger partial charge in [0.2, 0.25) is 0 Å². The first kappa shape index (κ1) is 24.9. The fourth-order valence-corrected chi connectivity index (χ4v) is 5.53. The maximum Gasteiger partial charge on any atom is 0.305 e. The van der Waals surface area contributed by atoms with Crippen molar-refractivity contribution in [2.45, 2.75) is 29.4 Å². The molecule has 1 amide bonds. The molecule has 0 saturated carbocycles. The van der Waals surface area contributed by atoms with Crippen LogP contribution in [0.15, 0.2) is 89.8 Å². The molecule has 1 unspecified atom stereocenters. The van der Waals surface area contributed by atoms with Crippen molar-refractivity contribution in [1.29, 1.82) is 0 Å². The smallest absolute Gasteiger partial charge is 0.305 e. The number of carbonyl (C=O) groups is 2. The van der Waals surface area contributed by atoms with Gasteiger partial charge in [0.05, 0.1) is 17.1 Å². The second-order valence-corrected chi connectivity index (χ2v) is 10.4. The lowest BCUT2D eigenvalue weighted by molar-refractivity contribution is -0.137. The first-order valence-corrected chi connectivity index (χ1v) is 13.0. The number of carbonyl (C=O) groups excluding carboxylic acids is 1. The maximum absolute atomic E-state index is 13.2. The van der Waals surface area contributed by atoms with E-state index in [0.29, 0.717) is 16.8 Å². The minimum Gasteiger partial charge on any atom is -0.481 e. The molecular formula is C26H26N4O5S. The van der Waals surface area contributed by atoms with Gasteiger partial charge in [-0.2, -0.15) is 0 Å². The van der Waals surface area contributed by atoms with E-state index in [-0.39, 0.29) is 10.8 Å². The molecule has 1 aliphatic heterocycles. The zero-order valence-corrected chi connectivity index (χ0v) is 20.2. The Hall–Kier alpha value is -4.18. The van der Waals surface area contributed by atoms with Crippen molar-refractivity contribution in [3.63, 3.8) is 0 Å². The van der Waals surface area contributed by atoms with Crippen molar-refractivity contribution in [1.82, 2.24) is 10.3 Å². The first-order valence-electron chi connectivity index (χ1n) is 11.4. The number of allylic oxidation sites excluding steroid dienone is 1. The molecule has 0 radical (unpaired) electrons. The number of nitrogens with zero attached hydrogens (tertiary/aromatic N) is 1. The quantitative estimate of drug-likeness (QED) is 0.342. The summed E-state index contributed by atoms with van der Waals surface area (Å²) >= 11 is 0. The predicted molar refractivity (Wildman–Crippen MR) is 136 cm³/mol. The lowest BCUT2D eigenvalue weighted by atomic mass is 10.1. The molecular weight excluding hydrogens is 480 g/mol. The van der Waals surface area contributed by atoms with Gasteiger partial charge >= 0.3 is 5.97 Å². The fourth-order valence-electron chi connectivity index (χ4n) is 3.83. The number of sulfone groups is 1. The number of pyridine rings is 1. The molecule has 1 atom stereocenters. The summed E-state index contributed by atoms with van der Waals surface area (Å²) in [6.45, 7) is 0.920. The molecule has 1 aliphatic rings. The molecule has 0 aliphatic carbocycles. The zero-order valence-electron chi connectivity index (χ0n) is 19.3. The number of nitrogens with one attached hydrogen (secondary N) is 3. The Morgan fingerprint density at radius 3 is 2.36 bits per heavy atom. The van der Waals surface area contributed by atoms with Gasteiger partial charge in [0.1, 0.15) is 5.25 Å². The molecule has 0 saturated heterocycles. The average Bonchev–Trinajstić information content (AvgIpc) is 2.89. The van der Waals surface area contributed by atoms with Crippen molar-refractivity contribution in [2.75, 3.05) is 17.2 Å². The third kappa shape index (κ3) is 6.08. The molecule has 4 N–H and O–H groups in total. The highest BCUT2D eigenvalue weighted by Crippen LogP contribution is 2.32. The lowest BCUT2D eigenvalue weighted by Gasteiger charge is -2.17. The standard InChI is InChI=1S/C26H26N4O5S/c31-25(32)16-23(19-4-3-14-27-17-19)36(34,35)22-12-10-21(11-13-22)30-26(33)18-6-8-20(9-7-18)29-24-5-1-2-15-28-24/h3-14,17,23,28-29H,1-2,15-16H2,(H,30,33)(H,31,32). The van der Waals surface area contributed by atoms with Gasteiger partial charge in [-0.3, -0.25) is 14.6 Å². The number of benzene rings is 2. The van der Waals surface area contributed by atoms with Crippen LogP contribution in [0.5, 0.6) is 0 Å². The van der Waals surface area contributed by atoms with Gasteiger partial charge in [-0.05, 0) is 79.1 Å². The van der Waals surface area contributed by atoms with E-state index in [1.807, 2.05) is 12.1 Å². The summed E-state index contributed by atoms with van der Waals surface area (Å²) in [6, 6.07) is 15.8. The van der Waals surface area contributed by atoms with E-state index in [4.69, 9.17) is 0 Å². The van der Waals surface area contributed by atoms with E-state index in [1.165, 1.54) is 42.7 Å². The van der Waals surface area contributed by atoms with Crippen LogP contribution in [0.25, 0.3) is 0 Å². The molecule has 1 aromatic heterocycles. The number of anilines is 2. The first-order chi connectivity index (χ1) is 17.3. The summed E-state index contributed by atoms with van der Waals surface area (Å²) in [5, 5.41) is 17.3. The Bertz CT molecular complexity index is 1360. The number of carboxylic acids is 1. The van der Waals surface area contributed by atoms with Crippen LogP contribution in [-0.2, 0) is 14.6 Å². The van der Waals surface area contributed by atoms with Gasteiger partial charge in [-0.15, -0.1) is 0 Å². The molecule has 2 aromatic carbocycles. The van der Waals surface area contributed by atoms with Crippen LogP contribution in [0.4, 0.5) is 11.4 Å². The maximum atomic E-state index is 13.2. The largest absolute Gasteiger partial charge is 0.481 e. The Balaban J connectivity index is 1.44. The van der Waals surface area contributed by atoms with Gasteiger partial charge in [0.15, 0.2) is 9.84 Å². The van der Waals surface area contributed by atoms with E-state index in [1.54, 1.807) is 18.2 Å². The SMILES string of the molecule is O=C(O)CC(c1cccnc1)S(=O)(=O)c1ccc(NC(=O)c2ccc(NC3=CCCCN3)cc2)cc1. The zero-order chi connectivity index (χ0) is 25.5. The molecule has 0 fully saturated rings. The summed E-state index contributed by atoms with van der Waals surface area (Å²) in [6.07, 6.45) is 6.45. The van der Waals surface area contributed by atoms with E-state index in [9.17, 15) is 23.1 Å². The number of hydrogen-bond donors (Lipinski definition) is 4. The summed E-state index contributed by atoms with van der Waals surface area (Å²) in [7, 11) is -4.01. The Kier molecular flexibility index (Phi) is 7.65. The number of carboxylic acid groups (broad SMARTS) is 1. The highest BCUT2D eigenvalue weighted by atomic mass is 32.2. The number of aromatic nitrogens is 1. The monoisotopic (exact) mass is 506 g/mol. The Labute approximate surface area is 209 Å². The molecule has 4 rings (SSSR count). The molecule has 0 spiro atoms. The van der Waals surface area contributed by atoms with Crippen LogP contribution < -0.4 is 16.0 Å². The van der Waals surface area contributed by atoms with Crippen LogP contribution >= 0.6 is 0 Å². The summed E-state index contributed by atoms with van der Waals surface area (Å²) < 4.78 is 26.4. The van der Waals surface area contributed by atoms with Crippen molar-refractivity contribution in [3.05, 3.63) is 96.1 Å².